The Kier molecular flexibility index (Phi) is 2.79. The lowest BCUT2D eigenvalue weighted by atomic mass is 10.1. The topological polar surface area (TPSA) is 54.0 Å². The monoisotopic (exact) mass is 255 g/mol. The van der Waals surface area contributed by atoms with Crippen molar-refractivity contribution < 1.29 is 4.79 Å². The molecule has 1 amide bonds. The third kappa shape index (κ3) is 1.93. The van der Waals surface area contributed by atoms with Gasteiger partial charge in [0.25, 0.3) is 0 Å². The first-order valence-electron chi connectivity index (χ1n) is 4.42. The average Bonchev–Trinajstić information content (AvgIpc) is 2.05. The maximum atomic E-state index is 11.5. The minimum Gasteiger partial charge on any atom is -0.322 e. The molecule has 1 unspecified atom stereocenters. The molecular formula is C9H10BrN3O. The molecule has 0 bridgehead atoms. The molecule has 0 saturated carbocycles. The van der Waals surface area contributed by atoms with E-state index in [-0.39, 0.29) is 11.9 Å². The lowest BCUT2D eigenvalue weighted by molar-refractivity contribution is -0.119. The summed E-state index contributed by atoms with van der Waals surface area (Å²) in [5.41, 5.74) is 0.714. The first-order chi connectivity index (χ1) is 6.77. The van der Waals surface area contributed by atoms with Crippen LogP contribution in [-0.4, -0.2) is 23.5 Å². The van der Waals surface area contributed by atoms with Gasteiger partial charge in [-0.25, -0.2) is 4.98 Å². The normalized spacial score (nSPS) is 19.9. The molecule has 2 N–H and O–H groups in total. The maximum Gasteiger partial charge on any atom is 0.241 e. The van der Waals surface area contributed by atoms with Crippen LogP contribution in [0.5, 0.6) is 0 Å². The number of anilines is 1. The summed E-state index contributed by atoms with van der Waals surface area (Å²) in [7, 11) is 0. The van der Waals surface area contributed by atoms with Crippen LogP contribution < -0.4 is 10.6 Å². The highest BCUT2D eigenvalue weighted by Crippen LogP contribution is 2.19. The maximum absolute atomic E-state index is 11.5. The van der Waals surface area contributed by atoms with Gasteiger partial charge in [0.05, 0.1) is 11.7 Å². The van der Waals surface area contributed by atoms with Gasteiger partial charge in [-0.05, 0) is 41.0 Å². The van der Waals surface area contributed by atoms with Crippen LogP contribution in [0.15, 0.2) is 22.9 Å². The van der Waals surface area contributed by atoms with Crippen molar-refractivity contribution in [1.29, 1.82) is 0 Å². The minimum absolute atomic E-state index is 0.00458. The van der Waals surface area contributed by atoms with E-state index in [2.05, 4.69) is 31.5 Å². The summed E-state index contributed by atoms with van der Waals surface area (Å²) < 4.78 is 0.660. The van der Waals surface area contributed by atoms with Gasteiger partial charge in [0.2, 0.25) is 5.91 Å². The first kappa shape index (κ1) is 9.61. The molecule has 1 saturated heterocycles. The predicted octanol–water partition coefficient (Wildman–Crippen LogP) is 1.14. The summed E-state index contributed by atoms with van der Waals surface area (Å²) in [5, 5.41) is 5.84. The number of nitrogens with one attached hydrogen (secondary N) is 2. The molecule has 1 aliphatic rings. The Morgan fingerprint density at radius 1 is 1.71 bits per heavy atom. The SMILES string of the molecule is O=C(Nc1cccnc1Br)C1CCN1. The Morgan fingerprint density at radius 3 is 3.07 bits per heavy atom. The molecule has 4 nitrogen and oxygen atoms in total. The number of hydrogen-bond donors (Lipinski definition) is 2. The minimum atomic E-state index is -0.0397. The smallest absolute Gasteiger partial charge is 0.241 e. The summed E-state index contributed by atoms with van der Waals surface area (Å²) in [6.45, 7) is 0.923. The van der Waals surface area contributed by atoms with Crippen molar-refractivity contribution in [3.05, 3.63) is 22.9 Å². The van der Waals surface area contributed by atoms with E-state index in [9.17, 15) is 4.79 Å². The summed E-state index contributed by atoms with van der Waals surface area (Å²) in [6, 6.07) is 3.56. The Bertz CT molecular complexity index is 352. The van der Waals surface area contributed by atoms with Crippen molar-refractivity contribution in [2.75, 3.05) is 11.9 Å². The Balaban J connectivity index is 2.03. The van der Waals surface area contributed by atoms with Gasteiger partial charge < -0.3 is 10.6 Å². The lowest BCUT2D eigenvalue weighted by Crippen LogP contribution is -2.50. The molecule has 0 aliphatic carbocycles. The number of halogens is 1. The largest absolute Gasteiger partial charge is 0.322 e. The third-order valence-electron chi connectivity index (χ3n) is 2.16. The molecule has 1 atom stereocenters. The molecule has 0 radical (unpaired) electrons. The van der Waals surface area contributed by atoms with Gasteiger partial charge in [0.1, 0.15) is 4.60 Å². The second-order valence-electron chi connectivity index (χ2n) is 3.13. The zero-order chi connectivity index (χ0) is 9.97. The molecular weight excluding hydrogens is 246 g/mol. The van der Waals surface area contributed by atoms with Crippen molar-refractivity contribution in [2.24, 2.45) is 0 Å². The summed E-state index contributed by atoms with van der Waals surface area (Å²) >= 11 is 3.27. The second-order valence-corrected chi connectivity index (χ2v) is 3.88. The number of nitrogens with zero attached hydrogens (tertiary/aromatic N) is 1. The molecule has 1 aliphatic heterocycles. The molecule has 1 aromatic rings. The fourth-order valence-corrected chi connectivity index (χ4v) is 1.56. The van der Waals surface area contributed by atoms with Gasteiger partial charge in [-0.2, -0.15) is 0 Å². The van der Waals surface area contributed by atoms with Crippen molar-refractivity contribution in [3.63, 3.8) is 0 Å². The Hall–Kier alpha value is -0.940. The van der Waals surface area contributed by atoms with Crippen LogP contribution in [0, 0.1) is 0 Å². The predicted molar refractivity (Wildman–Crippen MR) is 57.0 cm³/mol. The zero-order valence-electron chi connectivity index (χ0n) is 7.46. The zero-order valence-corrected chi connectivity index (χ0v) is 9.04. The number of pyridine rings is 1. The van der Waals surface area contributed by atoms with Crippen molar-refractivity contribution in [3.8, 4) is 0 Å². The van der Waals surface area contributed by atoms with Crippen LogP contribution in [0.2, 0.25) is 0 Å². The van der Waals surface area contributed by atoms with Gasteiger partial charge >= 0.3 is 0 Å². The van der Waals surface area contributed by atoms with E-state index in [1.54, 1.807) is 12.3 Å². The molecule has 0 spiro atoms. The van der Waals surface area contributed by atoms with Crippen LogP contribution in [-0.2, 0) is 4.79 Å². The van der Waals surface area contributed by atoms with Crippen molar-refractivity contribution >= 4 is 27.5 Å². The molecule has 0 aromatic carbocycles. The van der Waals surface area contributed by atoms with Crippen LogP contribution in [0.4, 0.5) is 5.69 Å². The number of carbonyl (C=O) groups is 1. The average molecular weight is 256 g/mol. The molecule has 1 aromatic heterocycles. The van der Waals surface area contributed by atoms with Gasteiger partial charge in [-0.15, -0.1) is 0 Å². The van der Waals surface area contributed by atoms with Crippen molar-refractivity contribution in [2.45, 2.75) is 12.5 Å². The van der Waals surface area contributed by atoms with Crippen LogP contribution in [0.25, 0.3) is 0 Å². The fraction of sp³-hybridized carbons (Fsp3) is 0.333. The van der Waals surface area contributed by atoms with E-state index >= 15 is 0 Å². The molecule has 2 heterocycles. The van der Waals surface area contributed by atoms with E-state index in [4.69, 9.17) is 0 Å². The summed E-state index contributed by atoms with van der Waals surface area (Å²) in [6.07, 6.45) is 2.57. The number of amides is 1. The van der Waals surface area contributed by atoms with Gasteiger partial charge in [-0.1, -0.05) is 0 Å². The molecule has 74 valence electrons. The summed E-state index contributed by atoms with van der Waals surface area (Å²) in [5.74, 6) is 0.00458. The van der Waals surface area contributed by atoms with Gasteiger partial charge in [0.15, 0.2) is 0 Å². The van der Waals surface area contributed by atoms with E-state index < -0.39 is 0 Å². The number of aromatic nitrogens is 1. The van der Waals surface area contributed by atoms with Crippen molar-refractivity contribution in [1.82, 2.24) is 10.3 Å². The number of hydrogen-bond acceptors (Lipinski definition) is 3. The molecule has 2 rings (SSSR count). The quantitative estimate of drug-likeness (QED) is 0.780. The standard InChI is InChI=1S/C9H10BrN3O/c10-8-6(2-1-4-12-8)13-9(14)7-3-5-11-7/h1-2,4,7,11H,3,5H2,(H,13,14). The van der Waals surface area contributed by atoms with Crippen LogP contribution in [0.1, 0.15) is 6.42 Å². The van der Waals surface area contributed by atoms with E-state index in [0.717, 1.165) is 13.0 Å². The van der Waals surface area contributed by atoms with Gasteiger partial charge in [0, 0.05) is 6.20 Å². The highest BCUT2D eigenvalue weighted by molar-refractivity contribution is 9.10. The first-order valence-corrected chi connectivity index (χ1v) is 5.21. The third-order valence-corrected chi connectivity index (χ3v) is 2.79. The highest BCUT2D eigenvalue weighted by Gasteiger charge is 2.24. The van der Waals surface area contributed by atoms with E-state index in [1.165, 1.54) is 0 Å². The number of carbonyl (C=O) groups excluding carboxylic acids is 1. The van der Waals surface area contributed by atoms with Crippen LogP contribution >= 0.6 is 15.9 Å². The van der Waals surface area contributed by atoms with E-state index in [1.807, 2.05) is 6.07 Å². The molecule has 5 heteroatoms. The van der Waals surface area contributed by atoms with E-state index in [0.29, 0.717) is 10.3 Å². The summed E-state index contributed by atoms with van der Waals surface area (Å²) in [4.78, 5) is 15.5. The fourth-order valence-electron chi connectivity index (χ4n) is 1.21. The van der Waals surface area contributed by atoms with Gasteiger partial charge in [-0.3, -0.25) is 4.79 Å². The molecule has 1 fully saturated rings. The van der Waals surface area contributed by atoms with Crippen LogP contribution in [0.3, 0.4) is 0 Å². The Labute approximate surface area is 90.2 Å². The number of rotatable bonds is 2. The lowest BCUT2D eigenvalue weighted by Gasteiger charge is -2.26. The molecule has 14 heavy (non-hydrogen) atoms. The highest BCUT2D eigenvalue weighted by atomic mass is 79.9. The Morgan fingerprint density at radius 2 is 2.50 bits per heavy atom. The second kappa shape index (κ2) is 4.06.